The van der Waals surface area contributed by atoms with Crippen LogP contribution in [0, 0.1) is 5.92 Å². The Bertz CT molecular complexity index is 559. The van der Waals surface area contributed by atoms with Gasteiger partial charge in [0.1, 0.15) is 0 Å². The van der Waals surface area contributed by atoms with Gasteiger partial charge in [0, 0.05) is 38.1 Å². The van der Waals surface area contributed by atoms with E-state index in [1.165, 1.54) is 6.26 Å². The summed E-state index contributed by atoms with van der Waals surface area (Å²) in [6.45, 7) is 2.11. The Kier molecular flexibility index (Phi) is 4.55. The van der Waals surface area contributed by atoms with Gasteiger partial charge in [0.2, 0.25) is 10.0 Å². The number of nitrogens with two attached hydrogens (primary N) is 1. The lowest BCUT2D eigenvalue weighted by atomic mass is 9.99. The Balaban J connectivity index is 1.99. The Hall–Kier alpha value is -1.27. The molecule has 1 aromatic carbocycles. The molecule has 0 radical (unpaired) electrons. The molecular weight excluding hydrogens is 274 g/mol. The number of rotatable bonds is 4. The van der Waals surface area contributed by atoms with Gasteiger partial charge in [-0.3, -0.25) is 0 Å². The van der Waals surface area contributed by atoms with E-state index in [2.05, 4.69) is 4.90 Å². The van der Waals surface area contributed by atoms with Crippen LogP contribution in [0.25, 0.3) is 0 Å². The van der Waals surface area contributed by atoms with E-state index in [0.717, 1.165) is 30.8 Å². The number of piperidine rings is 1. The first-order chi connectivity index (χ1) is 9.36. The summed E-state index contributed by atoms with van der Waals surface area (Å²) in [6.07, 6.45) is 3.29. The highest BCUT2D eigenvalue weighted by Gasteiger charge is 2.26. The van der Waals surface area contributed by atoms with Crippen LogP contribution in [0.1, 0.15) is 12.8 Å². The third-order valence-corrected chi connectivity index (χ3v) is 5.06. The number of nitrogens with zero attached hydrogens (tertiary/aromatic N) is 2. The molecule has 112 valence electrons. The molecule has 1 atom stereocenters. The zero-order valence-electron chi connectivity index (χ0n) is 12.1. The average molecular weight is 297 g/mol. The van der Waals surface area contributed by atoms with E-state index in [-0.39, 0.29) is 0 Å². The summed E-state index contributed by atoms with van der Waals surface area (Å²) in [5, 5.41) is 0. The molecule has 1 saturated heterocycles. The lowest BCUT2D eigenvalue weighted by molar-refractivity contribution is 0.271. The van der Waals surface area contributed by atoms with Crippen LogP contribution in [0.3, 0.4) is 0 Å². The lowest BCUT2D eigenvalue weighted by Crippen LogP contribution is -2.42. The number of benzene rings is 1. The third kappa shape index (κ3) is 3.86. The first-order valence-corrected chi connectivity index (χ1v) is 8.73. The maximum Gasteiger partial charge on any atom is 0.211 e. The van der Waals surface area contributed by atoms with Crippen molar-refractivity contribution in [3.8, 4) is 0 Å². The van der Waals surface area contributed by atoms with Crippen molar-refractivity contribution in [2.75, 3.05) is 43.6 Å². The molecule has 0 amide bonds. The lowest BCUT2D eigenvalue weighted by Gasteiger charge is -2.34. The Morgan fingerprint density at radius 3 is 2.85 bits per heavy atom. The second-order valence-corrected chi connectivity index (χ2v) is 7.59. The maximum absolute atomic E-state index is 11.6. The molecular formula is C14H23N3O2S. The van der Waals surface area contributed by atoms with Crippen LogP contribution in [-0.4, -0.2) is 45.7 Å². The minimum absolute atomic E-state index is 0.366. The van der Waals surface area contributed by atoms with Gasteiger partial charge in [-0.25, -0.2) is 12.7 Å². The molecule has 5 nitrogen and oxygen atoms in total. The van der Waals surface area contributed by atoms with Crippen molar-refractivity contribution in [2.24, 2.45) is 5.92 Å². The highest BCUT2D eigenvalue weighted by atomic mass is 32.2. The minimum atomic E-state index is -3.07. The smallest absolute Gasteiger partial charge is 0.211 e. The van der Waals surface area contributed by atoms with Crippen LogP contribution in [-0.2, 0) is 10.0 Å². The fourth-order valence-electron chi connectivity index (χ4n) is 2.73. The van der Waals surface area contributed by atoms with Crippen LogP contribution in [0.2, 0.25) is 0 Å². The molecule has 1 aromatic rings. The van der Waals surface area contributed by atoms with Crippen molar-refractivity contribution in [1.82, 2.24) is 4.31 Å². The molecule has 0 aliphatic carbocycles. The van der Waals surface area contributed by atoms with Crippen LogP contribution in [0.5, 0.6) is 0 Å². The van der Waals surface area contributed by atoms with Crippen LogP contribution in [0.15, 0.2) is 24.3 Å². The standard InChI is InChI=1S/C14H23N3O2S/c1-16(14-7-3-6-13(15)9-14)10-12-5-4-8-17(11-12)20(2,18)19/h3,6-7,9,12H,4-5,8,10-11,15H2,1-2H3. The van der Waals surface area contributed by atoms with Crippen molar-refractivity contribution >= 4 is 21.4 Å². The van der Waals surface area contributed by atoms with E-state index < -0.39 is 10.0 Å². The van der Waals surface area contributed by atoms with Gasteiger partial charge in [0.15, 0.2) is 0 Å². The zero-order valence-corrected chi connectivity index (χ0v) is 12.9. The van der Waals surface area contributed by atoms with E-state index in [1.807, 2.05) is 31.3 Å². The fraction of sp³-hybridized carbons (Fsp3) is 0.571. The van der Waals surface area contributed by atoms with Crippen LogP contribution >= 0.6 is 0 Å². The van der Waals surface area contributed by atoms with Gasteiger partial charge < -0.3 is 10.6 Å². The van der Waals surface area contributed by atoms with Crippen molar-refractivity contribution in [2.45, 2.75) is 12.8 Å². The normalized spacial score (nSPS) is 20.8. The molecule has 1 fully saturated rings. The molecule has 0 saturated carbocycles. The van der Waals surface area contributed by atoms with Crippen molar-refractivity contribution < 1.29 is 8.42 Å². The monoisotopic (exact) mass is 297 g/mol. The van der Waals surface area contributed by atoms with Crippen molar-refractivity contribution in [3.63, 3.8) is 0 Å². The molecule has 20 heavy (non-hydrogen) atoms. The SMILES string of the molecule is CN(CC1CCCN(S(C)(=O)=O)C1)c1cccc(N)c1. The Labute approximate surface area is 121 Å². The second kappa shape index (κ2) is 6.01. The zero-order chi connectivity index (χ0) is 14.8. The number of hydrogen-bond acceptors (Lipinski definition) is 4. The molecule has 2 N–H and O–H groups in total. The molecule has 0 bridgehead atoms. The van der Waals surface area contributed by atoms with Gasteiger partial charge in [-0.05, 0) is 37.0 Å². The number of hydrogen-bond donors (Lipinski definition) is 1. The second-order valence-electron chi connectivity index (χ2n) is 5.60. The van der Waals surface area contributed by atoms with E-state index in [9.17, 15) is 8.42 Å². The summed E-state index contributed by atoms with van der Waals surface area (Å²) in [5.41, 5.74) is 7.61. The predicted octanol–water partition coefficient (Wildman–Crippen LogP) is 1.38. The molecule has 1 aliphatic heterocycles. The summed E-state index contributed by atoms with van der Waals surface area (Å²) in [4.78, 5) is 2.15. The van der Waals surface area contributed by atoms with Crippen molar-refractivity contribution in [3.05, 3.63) is 24.3 Å². The van der Waals surface area contributed by atoms with E-state index in [0.29, 0.717) is 19.0 Å². The van der Waals surface area contributed by atoms with E-state index in [1.54, 1.807) is 4.31 Å². The first-order valence-electron chi connectivity index (χ1n) is 6.88. The summed E-state index contributed by atoms with van der Waals surface area (Å²) >= 11 is 0. The van der Waals surface area contributed by atoms with Gasteiger partial charge in [0.05, 0.1) is 6.26 Å². The van der Waals surface area contributed by atoms with E-state index in [4.69, 9.17) is 5.73 Å². The highest BCUT2D eigenvalue weighted by molar-refractivity contribution is 7.88. The van der Waals surface area contributed by atoms with Gasteiger partial charge in [-0.15, -0.1) is 0 Å². The highest BCUT2D eigenvalue weighted by Crippen LogP contribution is 2.22. The summed E-state index contributed by atoms with van der Waals surface area (Å²) < 4.78 is 24.8. The summed E-state index contributed by atoms with van der Waals surface area (Å²) in [6, 6.07) is 7.76. The topological polar surface area (TPSA) is 66.6 Å². The first kappa shape index (κ1) is 15.1. The molecule has 1 aliphatic rings. The Morgan fingerprint density at radius 2 is 2.20 bits per heavy atom. The van der Waals surface area contributed by atoms with Gasteiger partial charge in [-0.2, -0.15) is 0 Å². The molecule has 1 unspecified atom stereocenters. The van der Waals surface area contributed by atoms with E-state index >= 15 is 0 Å². The van der Waals surface area contributed by atoms with Gasteiger partial charge in [0.25, 0.3) is 0 Å². The fourth-order valence-corrected chi connectivity index (χ4v) is 3.67. The van der Waals surface area contributed by atoms with Crippen LogP contribution in [0.4, 0.5) is 11.4 Å². The van der Waals surface area contributed by atoms with Gasteiger partial charge in [-0.1, -0.05) is 6.07 Å². The maximum atomic E-state index is 11.6. The molecule has 6 heteroatoms. The van der Waals surface area contributed by atoms with Crippen molar-refractivity contribution in [1.29, 1.82) is 0 Å². The third-order valence-electron chi connectivity index (χ3n) is 3.79. The number of anilines is 2. The minimum Gasteiger partial charge on any atom is -0.399 e. The van der Waals surface area contributed by atoms with Gasteiger partial charge >= 0.3 is 0 Å². The average Bonchev–Trinajstić information content (AvgIpc) is 2.38. The Morgan fingerprint density at radius 1 is 1.45 bits per heavy atom. The van der Waals surface area contributed by atoms with Crippen LogP contribution < -0.4 is 10.6 Å². The molecule has 1 heterocycles. The molecule has 2 rings (SSSR count). The predicted molar refractivity (Wildman–Crippen MR) is 83.3 cm³/mol. The summed E-state index contributed by atoms with van der Waals surface area (Å²) in [7, 11) is -1.05. The number of sulfonamides is 1. The molecule has 0 spiro atoms. The quantitative estimate of drug-likeness (QED) is 0.853. The number of nitrogen functional groups attached to an aromatic ring is 1. The largest absolute Gasteiger partial charge is 0.399 e. The molecule has 0 aromatic heterocycles. The summed E-state index contributed by atoms with van der Waals surface area (Å²) in [5.74, 6) is 0.366.